The van der Waals surface area contributed by atoms with Crippen molar-refractivity contribution in [2.75, 3.05) is 4.90 Å². The summed E-state index contributed by atoms with van der Waals surface area (Å²) in [6.07, 6.45) is 1.85. The molecule has 0 aliphatic carbocycles. The molecule has 0 aliphatic rings. The maximum Gasteiger partial charge on any atom is 0.0708 e. The minimum Gasteiger partial charge on any atom is -0.310 e. The van der Waals surface area contributed by atoms with Crippen molar-refractivity contribution >= 4 is 60.3 Å². The zero-order valence-corrected chi connectivity index (χ0v) is 22.4. The van der Waals surface area contributed by atoms with Gasteiger partial charge in [-0.05, 0) is 86.6 Å². The van der Waals surface area contributed by atoms with Gasteiger partial charge in [0.1, 0.15) is 0 Å². The predicted octanol–water partition coefficient (Wildman–Crippen LogP) is 10.8. The van der Waals surface area contributed by atoms with E-state index in [9.17, 15) is 0 Å². The fraction of sp³-hybridized carbons (Fsp3) is 0. The van der Waals surface area contributed by atoms with E-state index in [-0.39, 0.29) is 0 Å². The maximum atomic E-state index is 4.57. The summed E-state index contributed by atoms with van der Waals surface area (Å²) < 4.78 is 0. The van der Waals surface area contributed by atoms with Gasteiger partial charge in [-0.3, -0.25) is 4.98 Å². The summed E-state index contributed by atoms with van der Waals surface area (Å²) >= 11 is 0. The van der Waals surface area contributed by atoms with Crippen molar-refractivity contribution in [3.63, 3.8) is 0 Å². The van der Waals surface area contributed by atoms with E-state index in [1.54, 1.807) is 0 Å². The third-order valence-electron chi connectivity index (χ3n) is 8.02. The van der Waals surface area contributed by atoms with Gasteiger partial charge in [-0.15, -0.1) is 0 Å². The van der Waals surface area contributed by atoms with Gasteiger partial charge >= 0.3 is 0 Å². The van der Waals surface area contributed by atoms with Crippen LogP contribution < -0.4 is 4.90 Å². The zero-order valence-electron chi connectivity index (χ0n) is 22.4. The van der Waals surface area contributed by atoms with E-state index < -0.39 is 0 Å². The van der Waals surface area contributed by atoms with E-state index in [0.717, 1.165) is 28.0 Å². The minimum atomic E-state index is 1.01. The van der Waals surface area contributed by atoms with Gasteiger partial charge in [0, 0.05) is 28.3 Å². The topological polar surface area (TPSA) is 16.1 Å². The minimum absolute atomic E-state index is 1.01. The summed E-state index contributed by atoms with van der Waals surface area (Å²) in [4.78, 5) is 6.96. The lowest BCUT2D eigenvalue weighted by Crippen LogP contribution is -2.10. The molecule has 2 heteroatoms. The highest BCUT2D eigenvalue weighted by atomic mass is 15.1. The first kappa shape index (κ1) is 23.4. The van der Waals surface area contributed by atoms with Gasteiger partial charge in [-0.1, -0.05) is 103 Å². The van der Waals surface area contributed by atoms with Gasteiger partial charge in [0.05, 0.1) is 11.2 Å². The molecule has 0 amide bonds. The molecular weight excluding hydrogens is 496 g/mol. The van der Waals surface area contributed by atoms with Crippen LogP contribution in [0, 0.1) is 0 Å². The number of hydrogen-bond donors (Lipinski definition) is 0. The number of pyridine rings is 1. The van der Waals surface area contributed by atoms with Crippen LogP contribution in [0.4, 0.5) is 17.1 Å². The van der Waals surface area contributed by atoms with Crippen molar-refractivity contribution < 1.29 is 0 Å². The van der Waals surface area contributed by atoms with Crippen LogP contribution in [-0.2, 0) is 0 Å². The Hall–Kier alpha value is -5.47. The lowest BCUT2D eigenvalue weighted by molar-refractivity contribution is 1.31. The van der Waals surface area contributed by atoms with Gasteiger partial charge in [0.25, 0.3) is 0 Å². The third kappa shape index (κ3) is 4.18. The molecule has 41 heavy (non-hydrogen) atoms. The summed E-state index contributed by atoms with van der Waals surface area (Å²) in [6.45, 7) is 0. The highest BCUT2D eigenvalue weighted by Gasteiger charge is 2.16. The summed E-state index contributed by atoms with van der Waals surface area (Å²) in [7, 11) is 0. The molecule has 7 aromatic carbocycles. The highest BCUT2D eigenvalue weighted by molar-refractivity contribution is 6.01. The fourth-order valence-electron chi connectivity index (χ4n) is 5.95. The van der Waals surface area contributed by atoms with Gasteiger partial charge in [0.2, 0.25) is 0 Å². The Morgan fingerprint density at radius 1 is 0.390 bits per heavy atom. The van der Waals surface area contributed by atoms with Crippen LogP contribution in [0.25, 0.3) is 54.3 Å². The second kappa shape index (κ2) is 9.62. The lowest BCUT2D eigenvalue weighted by atomic mass is 9.99. The van der Waals surface area contributed by atoms with Gasteiger partial charge in [-0.25, -0.2) is 0 Å². The molecule has 0 fully saturated rings. The van der Waals surface area contributed by atoms with E-state index in [0.29, 0.717) is 0 Å². The van der Waals surface area contributed by atoms with Crippen LogP contribution in [0.3, 0.4) is 0 Å². The van der Waals surface area contributed by atoms with E-state index in [1.165, 1.54) is 43.4 Å². The Balaban J connectivity index is 1.32. The number of aromatic nitrogens is 1. The first-order valence-corrected chi connectivity index (χ1v) is 14.0. The van der Waals surface area contributed by atoms with Gasteiger partial charge in [-0.2, -0.15) is 0 Å². The smallest absolute Gasteiger partial charge is 0.0708 e. The molecule has 0 unspecified atom stereocenters. The Kier molecular flexibility index (Phi) is 5.49. The summed E-state index contributed by atoms with van der Waals surface area (Å²) in [5.74, 6) is 0. The average molecular weight is 523 g/mol. The molecule has 0 radical (unpaired) electrons. The van der Waals surface area contributed by atoms with E-state index >= 15 is 0 Å². The van der Waals surface area contributed by atoms with Crippen molar-refractivity contribution in [2.24, 2.45) is 0 Å². The molecule has 0 N–H and O–H groups in total. The van der Waals surface area contributed by atoms with Crippen molar-refractivity contribution in [1.29, 1.82) is 0 Å². The number of fused-ring (bicyclic) bond motifs is 4. The predicted molar refractivity (Wildman–Crippen MR) is 174 cm³/mol. The molecule has 0 aliphatic heterocycles. The fourth-order valence-corrected chi connectivity index (χ4v) is 5.95. The largest absolute Gasteiger partial charge is 0.310 e. The maximum absolute atomic E-state index is 4.57. The molecule has 2 nitrogen and oxygen atoms in total. The molecule has 1 aromatic heterocycles. The first-order valence-electron chi connectivity index (χ1n) is 14.0. The molecule has 192 valence electrons. The molecule has 0 atom stereocenters. The molecule has 8 rings (SSSR count). The van der Waals surface area contributed by atoms with E-state index in [2.05, 4.69) is 155 Å². The lowest BCUT2D eigenvalue weighted by Gasteiger charge is -2.27. The molecular formula is C39H26N2. The number of hydrogen-bond acceptors (Lipinski definition) is 2. The van der Waals surface area contributed by atoms with Gasteiger partial charge in [0.15, 0.2) is 0 Å². The molecule has 0 saturated carbocycles. The van der Waals surface area contributed by atoms with Crippen LogP contribution in [-0.4, -0.2) is 4.98 Å². The molecule has 0 saturated heterocycles. The first-order chi connectivity index (χ1) is 20.3. The van der Waals surface area contributed by atoms with E-state index in [1.807, 2.05) is 12.3 Å². The van der Waals surface area contributed by atoms with E-state index in [4.69, 9.17) is 0 Å². The molecule has 8 aromatic rings. The van der Waals surface area contributed by atoms with Crippen molar-refractivity contribution in [3.8, 4) is 11.1 Å². The Labute approximate surface area is 238 Å². The van der Waals surface area contributed by atoms with Gasteiger partial charge < -0.3 is 4.90 Å². The van der Waals surface area contributed by atoms with Crippen LogP contribution in [0.2, 0.25) is 0 Å². The second-order valence-electron chi connectivity index (χ2n) is 10.5. The van der Waals surface area contributed by atoms with Crippen molar-refractivity contribution in [2.45, 2.75) is 0 Å². The zero-order chi connectivity index (χ0) is 27.2. The van der Waals surface area contributed by atoms with Crippen molar-refractivity contribution in [1.82, 2.24) is 4.98 Å². The molecule has 0 bridgehead atoms. The summed E-state index contributed by atoms with van der Waals surface area (Å²) in [5, 5.41) is 8.48. The average Bonchev–Trinajstić information content (AvgIpc) is 3.04. The summed E-state index contributed by atoms with van der Waals surface area (Å²) in [5.41, 5.74) is 6.79. The Morgan fingerprint density at radius 2 is 1.00 bits per heavy atom. The SMILES string of the molecule is c1ccc2cc(N(c3ccc4ccc(-c5ccc6cccnc6c5)cc4c3)c3cccc4ccccc34)ccc2c1. The number of rotatable bonds is 4. The van der Waals surface area contributed by atoms with Crippen LogP contribution in [0.5, 0.6) is 0 Å². The number of anilines is 3. The quantitative estimate of drug-likeness (QED) is 0.228. The number of benzene rings is 7. The normalized spacial score (nSPS) is 11.4. The van der Waals surface area contributed by atoms with Crippen LogP contribution >= 0.6 is 0 Å². The summed E-state index contributed by atoms with van der Waals surface area (Å²) in [6, 6.07) is 54.6. The standard InChI is InChI=1S/C39H26N2/c1-2-9-31-24-35(20-18-27(31)7-1)41(39-13-5-10-29-8-3-4-12-37(29)39)36-21-19-28-14-16-32(23-34(28)25-36)33-17-15-30-11-6-22-40-38(30)26-33/h1-26H. The Bertz CT molecular complexity index is 2230. The Morgan fingerprint density at radius 3 is 1.85 bits per heavy atom. The monoisotopic (exact) mass is 522 g/mol. The molecule has 0 spiro atoms. The highest BCUT2D eigenvalue weighted by Crippen LogP contribution is 2.41. The second-order valence-corrected chi connectivity index (χ2v) is 10.5. The third-order valence-corrected chi connectivity index (χ3v) is 8.02. The van der Waals surface area contributed by atoms with Crippen molar-refractivity contribution in [3.05, 3.63) is 158 Å². The van der Waals surface area contributed by atoms with Crippen LogP contribution in [0.1, 0.15) is 0 Å². The van der Waals surface area contributed by atoms with Crippen LogP contribution in [0.15, 0.2) is 158 Å². The molecule has 1 heterocycles. The number of nitrogens with zero attached hydrogens (tertiary/aromatic N) is 2.